The van der Waals surface area contributed by atoms with Crippen molar-refractivity contribution in [2.45, 2.75) is 38.1 Å². The lowest BCUT2D eigenvalue weighted by molar-refractivity contribution is 0.463. The summed E-state index contributed by atoms with van der Waals surface area (Å²) in [4.78, 5) is 8.96. The average Bonchev–Trinajstić information content (AvgIpc) is 2.83. The van der Waals surface area contributed by atoms with Crippen molar-refractivity contribution in [3.05, 3.63) is 89.7 Å². The molecule has 0 spiro atoms. The minimum Gasteiger partial charge on any atom is -0.439 e. The van der Waals surface area contributed by atoms with Gasteiger partial charge in [-0.2, -0.15) is 0 Å². The van der Waals surface area contributed by atoms with Crippen LogP contribution in [0.4, 0.5) is 22.9 Å². The fourth-order valence-electron chi connectivity index (χ4n) is 3.37. The van der Waals surface area contributed by atoms with E-state index in [2.05, 4.69) is 25.3 Å². The Labute approximate surface area is 222 Å². The molecule has 3 N–H and O–H groups in total. The zero-order valence-electron chi connectivity index (χ0n) is 20.9. The normalized spacial score (nSPS) is 11.7. The maximum absolute atomic E-state index is 12.7. The molecule has 0 amide bonds. The number of halogens is 1. The maximum atomic E-state index is 12.7. The van der Waals surface area contributed by atoms with Crippen molar-refractivity contribution < 1.29 is 13.2 Å². The molecule has 10 heteroatoms. The molecular formula is C27H28ClN5O3S. The van der Waals surface area contributed by atoms with Gasteiger partial charge in [0.1, 0.15) is 11.6 Å². The van der Waals surface area contributed by atoms with Gasteiger partial charge < -0.3 is 15.4 Å². The van der Waals surface area contributed by atoms with Crippen LogP contribution in [0.25, 0.3) is 0 Å². The van der Waals surface area contributed by atoms with E-state index in [0.29, 0.717) is 28.2 Å². The standard InChI is InChI=1S/C27H28ClN5O3S/c1-18-16-29-25(32-21-10-13-26(30-17-21)36-22-11-8-19(28)9-12-22)15-24(18)31-20-6-5-7-23(14-20)37(34,35)33-27(2,3)4/h5-17,33H,1-4H3,(H2,29,31,32). The molecule has 4 rings (SSSR count). The first-order valence-electron chi connectivity index (χ1n) is 11.5. The van der Waals surface area contributed by atoms with Crippen LogP contribution < -0.4 is 20.1 Å². The summed E-state index contributed by atoms with van der Waals surface area (Å²) in [7, 11) is -3.66. The fourth-order valence-corrected chi connectivity index (χ4v) is 4.96. The van der Waals surface area contributed by atoms with Crippen molar-refractivity contribution in [3.8, 4) is 11.6 Å². The van der Waals surface area contributed by atoms with Gasteiger partial charge in [-0.15, -0.1) is 0 Å². The molecule has 0 saturated carbocycles. The average molecular weight is 538 g/mol. The number of aryl methyl sites for hydroxylation is 1. The Morgan fingerprint density at radius 2 is 1.62 bits per heavy atom. The summed E-state index contributed by atoms with van der Waals surface area (Å²) in [5.74, 6) is 1.68. The highest BCUT2D eigenvalue weighted by Crippen LogP contribution is 2.27. The molecule has 0 radical (unpaired) electrons. The first-order valence-corrected chi connectivity index (χ1v) is 13.4. The molecule has 8 nitrogen and oxygen atoms in total. The molecule has 0 saturated heterocycles. The van der Waals surface area contributed by atoms with Crippen LogP contribution in [0.2, 0.25) is 5.02 Å². The van der Waals surface area contributed by atoms with Crippen molar-refractivity contribution in [3.63, 3.8) is 0 Å². The molecule has 0 unspecified atom stereocenters. The molecule has 2 heterocycles. The number of rotatable bonds is 8. The van der Waals surface area contributed by atoms with E-state index in [1.165, 1.54) is 0 Å². The third-order valence-electron chi connectivity index (χ3n) is 5.01. The van der Waals surface area contributed by atoms with E-state index < -0.39 is 15.6 Å². The van der Waals surface area contributed by atoms with Gasteiger partial charge in [0.15, 0.2) is 0 Å². The van der Waals surface area contributed by atoms with Gasteiger partial charge in [-0.05, 0) is 81.8 Å². The van der Waals surface area contributed by atoms with Crippen molar-refractivity contribution in [2.24, 2.45) is 0 Å². The Balaban J connectivity index is 1.47. The zero-order chi connectivity index (χ0) is 26.6. The highest BCUT2D eigenvalue weighted by Gasteiger charge is 2.22. The monoisotopic (exact) mass is 537 g/mol. The van der Waals surface area contributed by atoms with Gasteiger partial charge in [-0.25, -0.2) is 23.1 Å². The molecule has 2 aromatic carbocycles. The van der Waals surface area contributed by atoms with Gasteiger partial charge in [-0.3, -0.25) is 0 Å². The molecule has 37 heavy (non-hydrogen) atoms. The predicted octanol–water partition coefficient (Wildman–Crippen LogP) is 6.79. The quantitative estimate of drug-likeness (QED) is 0.227. The highest BCUT2D eigenvalue weighted by atomic mass is 35.5. The number of hydrogen-bond donors (Lipinski definition) is 3. The van der Waals surface area contributed by atoms with E-state index in [-0.39, 0.29) is 4.90 Å². The van der Waals surface area contributed by atoms with Gasteiger partial charge in [0.2, 0.25) is 15.9 Å². The minimum atomic E-state index is -3.66. The van der Waals surface area contributed by atoms with Gasteiger partial charge in [0, 0.05) is 40.3 Å². The lowest BCUT2D eigenvalue weighted by atomic mass is 10.1. The Kier molecular flexibility index (Phi) is 7.68. The summed E-state index contributed by atoms with van der Waals surface area (Å²) >= 11 is 5.91. The van der Waals surface area contributed by atoms with E-state index in [1.807, 2.05) is 25.1 Å². The predicted molar refractivity (Wildman–Crippen MR) is 148 cm³/mol. The van der Waals surface area contributed by atoms with Crippen LogP contribution in [0.1, 0.15) is 26.3 Å². The molecule has 192 valence electrons. The molecular weight excluding hydrogens is 510 g/mol. The summed E-state index contributed by atoms with van der Waals surface area (Å²) in [6, 6.07) is 19.2. The Morgan fingerprint density at radius 3 is 2.30 bits per heavy atom. The summed E-state index contributed by atoms with van der Waals surface area (Å²) < 4.78 is 33.9. The Bertz CT molecular complexity index is 1490. The van der Waals surface area contributed by atoms with Crippen LogP contribution in [0.3, 0.4) is 0 Å². The molecule has 0 aliphatic rings. The molecule has 4 aromatic rings. The number of ether oxygens (including phenoxy) is 1. The highest BCUT2D eigenvalue weighted by molar-refractivity contribution is 7.89. The molecule has 0 aliphatic carbocycles. The second-order valence-electron chi connectivity index (χ2n) is 9.46. The number of hydrogen-bond acceptors (Lipinski definition) is 7. The van der Waals surface area contributed by atoms with Crippen LogP contribution in [-0.4, -0.2) is 23.9 Å². The van der Waals surface area contributed by atoms with E-state index in [9.17, 15) is 8.42 Å². The van der Waals surface area contributed by atoms with Crippen molar-refractivity contribution >= 4 is 44.5 Å². The number of aromatic nitrogens is 2. The molecule has 0 bridgehead atoms. The number of sulfonamides is 1. The van der Waals surface area contributed by atoms with Gasteiger partial charge in [0.05, 0.1) is 16.8 Å². The van der Waals surface area contributed by atoms with Crippen LogP contribution >= 0.6 is 11.6 Å². The Morgan fingerprint density at radius 1 is 0.865 bits per heavy atom. The number of pyridine rings is 2. The van der Waals surface area contributed by atoms with Crippen LogP contribution in [0, 0.1) is 6.92 Å². The maximum Gasteiger partial charge on any atom is 0.241 e. The van der Waals surface area contributed by atoms with Crippen LogP contribution in [0.5, 0.6) is 11.6 Å². The third kappa shape index (κ3) is 7.42. The molecule has 0 aliphatic heterocycles. The van der Waals surface area contributed by atoms with Crippen LogP contribution in [0.15, 0.2) is 84.0 Å². The van der Waals surface area contributed by atoms with Crippen LogP contribution in [-0.2, 0) is 10.0 Å². The van der Waals surface area contributed by atoms with Crippen molar-refractivity contribution in [1.29, 1.82) is 0 Å². The molecule has 0 fully saturated rings. The van der Waals surface area contributed by atoms with E-state index in [0.717, 1.165) is 16.9 Å². The number of anilines is 4. The summed E-state index contributed by atoms with van der Waals surface area (Å²) in [6.07, 6.45) is 3.38. The number of nitrogens with zero attached hydrogens (tertiary/aromatic N) is 2. The van der Waals surface area contributed by atoms with Gasteiger partial charge in [-0.1, -0.05) is 17.7 Å². The lowest BCUT2D eigenvalue weighted by Crippen LogP contribution is -2.40. The molecule has 2 aromatic heterocycles. The van der Waals surface area contributed by atoms with E-state index in [1.54, 1.807) is 81.7 Å². The smallest absolute Gasteiger partial charge is 0.241 e. The fraction of sp³-hybridized carbons (Fsp3) is 0.185. The Hall–Kier alpha value is -3.66. The number of nitrogens with one attached hydrogen (secondary N) is 3. The number of benzene rings is 2. The third-order valence-corrected chi connectivity index (χ3v) is 7.02. The largest absolute Gasteiger partial charge is 0.439 e. The summed E-state index contributed by atoms with van der Waals surface area (Å²) in [6.45, 7) is 7.33. The van der Waals surface area contributed by atoms with Crippen molar-refractivity contribution in [1.82, 2.24) is 14.7 Å². The summed E-state index contributed by atoms with van der Waals surface area (Å²) in [5.41, 5.74) is 2.47. The second-order valence-corrected chi connectivity index (χ2v) is 11.6. The summed E-state index contributed by atoms with van der Waals surface area (Å²) in [5, 5.41) is 7.16. The van der Waals surface area contributed by atoms with E-state index in [4.69, 9.17) is 16.3 Å². The second kappa shape index (κ2) is 10.8. The van der Waals surface area contributed by atoms with Crippen molar-refractivity contribution in [2.75, 3.05) is 10.6 Å². The minimum absolute atomic E-state index is 0.185. The van der Waals surface area contributed by atoms with E-state index >= 15 is 0 Å². The van der Waals surface area contributed by atoms with Gasteiger partial charge >= 0.3 is 0 Å². The zero-order valence-corrected chi connectivity index (χ0v) is 22.5. The first kappa shape index (κ1) is 26.4. The lowest BCUT2D eigenvalue weighted by Gasteiger charge is -2.20. The topological polar surface area (TPSA) is 105 Å². The van der Waals surface area contributed by atoms with Gasteiger partial charge in [0.25, 0.3) is 0 Å². The molecule has 0 atom stereocenters. The SMILES string of the molecule is Cc1cnc(Nc2ccc(Oc3ccc(Cl)cc3)nc2)cc1Nc1cccc(S(=O)(=O)NC(C)(C)C)c1. The first-order chi connectivity index (χ1) is 17.5.